The summed E-state index contributed by atoms with van der Waals surface area (Å²) in [5, 5.41) is 2.51. The van der Waals surface area contributed by atoms with Crippen LogP contribution >= 0.6 is 0 Å². The molecule has 8 nitrogen and oxygen atoms in total. The van der Waals surface area contributed by atoms with E-state index in [1.165, 1.54) is 7.11 Å². The monoisotopic (exact) mass is 356 g/mol. The summed E-state index contributed by atoms with van der Waals surface area (Å²) in [6.45, 7) is 0.260. The van der Waals surface area contributed by atoms with E-state index in [4.69, 9.17) is 4.74 Å². The molecule has 132 valence electrons. The first-order chi connectivity index (χ1) is 11.4. The van der Waals surface area contributed by atoms with Crippen LogP contribution in [-0.2, 0) is 35.7 Å². The molecule has 0 aromatic heterocycles. The normalized spacial score (nSPS) is 19.8. The minimum Gasteiger partial charge on any atom is -0.467 e. The summed E-state index contributed by atoms with van der Waals surface area (Å²) in [6.07, 6.45) is -0.0363. The highest BCUT2D eigenvalue weighted by Crippen LogP contribution is 2.09. The van der Waals surface area contributed by atoms with Crippen molar-refractivity contribution in [1.82, 2.24) is 10.0 Å². The lowest BCUT2D eigenvalue weighted by Crippen LogP contribution is -2.56. The first-order valence-electron chi connectivity index (χ1n) is 7.38. The minimum absolute atomic E-state index is 0.0363. The van der Waals surface area contributed by atoms with E-state index in [1.54, 1.807) is 0 Å². The number of hydrogen-bond acceptors (Lipinski definition) is 6. The molecule has 2 rings (SSSR count). The van der Waals surface area contributed by atoms with Crippen molar-refractivity contribution in [3.8, 4) is 0 Å². The van der Waals surface area contributed by atoms with Crippen LogP contribution in [0, 0.1) is 0 Å². The highest BCUT2D eigenvalue weighted by Gasteiger charge is 2.34. The summed E-state index contributed by atoms with van der Waals surface area (Å²) in [4.78, 5) is 23.6. The van der Waals surface area contributed by atoms with Crippen LogP contribution in [0.4, 0.5) is 0 Å². The molecule has 1 aromatic rings. The lowest BCUT2D eigenvalue weighted by molar-refractivity contribution is -0.147. The predicted octanol–water partition coefficient (Wildman–Crippen LogP) is -0.447. The van der Waals surface area contributed by atoms with Gasteiger partial charge in [0.1, 0.15) is 0 Å². The molecule has 0 radical (unpaired) electrons. The molecule has 1 aliphatic heterocycles. The number of hydrogen-bond donors (Lipinski definition) is 2. The lowest BCUT2D eigenvalue weighted by Gasteiger charge is -2.27. The molecule has 2 N–H and O–H groups in total. The van der Waals surface area contributed by atoms with E-state index in [1.807, 2.05) is 30.3 Å². The molecule has 1 amide bonds. The topological polar surface area (TPSA) is 111 Å². The Morgan fingerprint density at radius 2 is 2.00 bits per heavy atom. The van der Waals surface area contributed by atoms with Gasteiger partial charge in [-0.1, -0.05) is 30.3 Å². The Bertz CT molecular complexity index is 664. The van der Waals surface area contributed by atoms with Crippen LogP contribution in [0.25, 0.3) is 0 Å². The van der Waals surface area contributed by atoms with Gasteiger partial charge in [0, 0.05) is 12.5 Å². The fraction of sp³-hybridized carbons (Fsp3) is 0.467. The van der Waals surface area contributed by atoms with Crippen molar-refractivity contribution in [3.63, 3.8) is 0 Å². The Kier molecular flexibility index (Phi) is 6.29. The van der Waals surface area contributed by atoms with Crippen LogP contribution in [0.1, 0.15) is 12.0 Å². The van der Waals surface area contributed by atoms with Gasteiger partial charge in [-0.3, -0.25) is 4.79 Å². The third-order valence-electron chi connectivity index (χ3n) is 3.42. The number of esters is 1. The molecule has 1 heterocycles. The molecule has 1 fully saturated rings. The third-order valence-corrected chi connectivity index (χ3v) is 4.95. The molecule has 24 heavy (non-hydrogen) atoms. The van der Waals surface area contributed by atoms with Crippen molar-refractivity contribution >= 4 is 21.9 Å². The first-order valence-corrected chi connectivity index (χ1v) is 9.03. The maximum atomic E-state index is 11.9. The van der Waals surface area contributed by atoms with Crippen molar-refractivity contribution in [2.24, 2.45) is 0 Å². The highest BCUT2D eigenvalue weighted by molar-refractivity contribution is 7.90. The molecule has 0 aliphatic carbocycles. The molecule has 1 saturated heterocycles. The average molecular weight is 356 g/mol. The Labute approximate surface area is 140 Å². The molecule has 0 spiro atoms. The number of benzene rings is 1. The van der Waals surface area contributed by atoms with Gasteiger partial charge in [0.25, 0.3) is 0 Å². The quantitative estimate of drug-likeness (QED) is 0.611. The number of sulfonamides is 1. The summed E-state index contributed by atoms with van der Waals surface area (Å²) < 4.78 is 34.4. The SMILES string of the molecule is COC(=O)[C@H](COCc1ccccc1)NC(=O)CC1CS(=O)(=O)N1. The van der Waals surface area contributed by atoms with E-state index in [0.717, 1.165) is 5.56 Å². The molecule has 1 aromatic carbocycles. The van der Waals surface area contributed by atoms with Crippen LogP contribution in [0.5, 0.6) is 0 Å². The summed E-state index contributed by atoms with van der Waals surface area (Å²) in [7, 11) is -2.00. The van der Waals surface area contributed by atoms with Gasteiger partial charge in [-0.2, -0.15) is 0 Å². The Morgan fingerprint density at radius 1 is 1.33 bits per heavy atom. The van der Waals surface area contributed by atoms with Gasteiger partial charge >= 0.3 is 5.97 Å². The summed E-state index contributed by atoms with van der Waals surface area (Å²) in [5.41, 5.74) is 0.941. The number of nitrogens with one attached hydrogen (secondary N) is 2. The summed E-state index contributed by atoms with van der Waals surface area (Å²) in [6, 6.07) is 8.02. The van der Waals surface area contributed by atoms with E-state index in [0.29, 0.717) is 6.61 Å². The van der Waals surface area contributed by atoms with Crippen molar-refractivity contribution in [2.45, 2.75) is 25.1 Å². The molecule has 0 saturated carbocycles. The zero-order chi connectivity index (χ0) is 17.6. The van der Waals surface area contributed by atoms with Gasteiger partial charge in [0.2, 0.25) is 15.9 Å². The molecular formula is C15H20N2O6S. The Hall–Kier alpha value is -1.97. The van der Waals surface area contributed by atoms with Crippen molar-refractivity contribution in [1.29, 1.82) is 0 Å². The van der Waals surface area contributed by atoms with Crippen molar-refractivity contribution in [2.75, 3.05) is 19.5 Å². The van der Waals surface area contributed by atoms with E-state index in [9.17, 15) is 18.0 Å². The molecule has 9 heteroatoms. The molecular weight excluding hydrogens is 336 g/mol. The van der Waals surface area contributed by atoms with Crippen LogP contribution < -0.4 is 10.0 Å². The fourth-order valence-electron chi connectivity index (χ4n) is 2.26. The van der Waals surface area contributed by atoms with Gasteiger partial charge in [0.05, 0.1) is 26.1 Å². The van der Waals surface area contributed by atoms with Gasteiger partial charge in [0.15, 0.2) is 6.04 Å². The Balaban J connectivity index is 1.79. The number of amides is 1. The Morgan fingerprint density at radius 3 is 2.58 bits per heavy atom. The van der Waals surface area contributed by atoms with Crippen LogP contribution in [0.2, 0.25) is 0 Å². The number of methoxy groups -OCH3 is 1. The van der Waals surface area contributed by atoms with Crippen molar-refractivity contribution < 1.29 is 27.5 Å². The molecule has 1 aliphatic rings. The summed E-state index contributed by atoms with van der Waals surface area (Å²) >= 11 is 0. The maximum absolute atomic E-state index is 11.9. The van der Waals surface area contributed by atoms with Gasteiger partial charge < -0.3 is 14.8 Å². The van der Waals surface area contributed by atoms with Gasteiger partial charge in [-0.15, -0.1) is 0 Å². The van der Waals surface area contributed by atoms with E-state index >= 15 is 0 Å². The number of rotatable bonds is 8. The van der Waals surface area contributed by atoms with Gasteiger partial charge in [-0.05, 0) is 5.56 Å². The fourth-order valence-corrected chi connectivity index (χ4v) is 3.46. The summed E-state index contributed by atoms with van der Waals surface area (Å²) in [5.74, 6) is -1.15. The lowest BCUT2D eigenvalue weighted by atomic mass is 10.2. The largest absolute Gasteiger partial charge is 0.467 e. The first kappa shape index (κ1) is 18.4. The average Bonchev–Trinajstić information content (AvgIpc) is 2.52. The van der Waals surface area contributed by atoms with Crippen LogP contribution in [0.15, 0.2) is 30.3 Å². The minimum atomic E-state index is -3.22. The van der Waals surface area contributed by atoms with E-state index in [2.05, 4.69) is 14.8 Å². The predicted molar refractivity (Wildman–Crippen MR) is 85.4 cm³/mol. The van der Waals surface area contributed by atoms with Gasteiger partial charge in [-0.25, -0.2) is 17.9 Å². The zero-order valence-corrected chi connectivity index (χ0v) is 14.0. The second-order valence-electron chi connectivity index (χ2n) is 5.44. The van der Waals surface area contributed by atoms with Crippen LogP contribution in [-0.4, -0.2) is 51.8 Å². The number of carbonyl (C=O) groups excluding carboxylic acids is 2. The van der Waals surface area contributed by atoms with E-state index in [-0.39, 0.29) is 18.8 Å². The van der Waals surface area contributed by atoms with Crippen LogP contribution in [0.3, 0.4) is 0 Å². The molecule has 2 atom stereocenters. The van der Waals surface area contributed by atoms with Crippen molar-refractivity contribution in [3.05, 3.63) is 35.9 Å². The molecule has 0 bridgehead atoms. The number of carbonyl (C=O) groups is 2. The molecule has 1 unspecified atom stereocenters. The third kappa shape index (κ3) is 5.59. The second kappa shape index (κ2) is 8.22. The zero-order valence-electron chi connectivity index (χ0n) is 13.2. The second-order valence-corrected chi connectivity index (χ2v) is 7.24. The van der Waals surface area contributed by atoms with E-state index < -0.39 is 34.0 Å². The maximum Gasteiger partial charge on any atom is 0.330 e. The highest BCUT2D eigenvalue weighted by atomic mass is 32.2. The smallest absolute Gasteiger partial charge is 0.330 e. The number of ether oxygens (including phenoxy) is 2. The standard InChI is InChI=1S/C15H20N2O6S/c1-22-15(19)13(9-23-8-11-5-3-2-4-6-11)16-14(18)7-12-10-24(20,21)17-12/h2-6,12-13,17H,7-10H2,1H3,(H,16,18)/t12?,13-/m0/s1.